The maximum absolute atomic E-state index is 11.9. The summed E-state index contributed by atoms with van der Waals surface area (Å²) < 4.78 is 0. The SMILES string of the molecule is CCCC(O)(CCC)CNC(=O)C(O)c1ccccc1. The van der Waals surface area contributed by atoms with E-state index in [9.17, 15) is 15.0 Å². The Kier molecular flexibility index (Phi) is 6.68. The molecule has 0 aliphatic rings. The molecule has 0 bridgehead atoms. The van der Waals surface area contributed by atoms with Gasteiger partial charge < -0.3 is 15.5 Å². The van der Waals surface area contributed by atoms with Crippen molar-refractivity contribution in [1.29, 1.82) is 0 Å². The largest absolute Gasteiger partial charge is 0.388 e. The molecule has 1 unspecified atom stereocenters. The Morgan fingerprint density at radius 3 is 2.25 bits per heavy atom. The van der Waals surface area contributed by atoms with Crippen molar-refractivity contribution in [3.05, 3.63) is 35.9 Å². The molecule has 112 valence electrons. The fraction of sp³-hybridized carbons (Fsp3) is 0.562. The highest BCUT2D eigenvalue weighted by Crippen LogP contribution is 2.19. The minimum Gasteiger partial charge on any atom is -0.388 e. The summed E-state index contributed by atoms with van der Waals surface area (Å²) in [7, 11) is 0. The number of aliphatic hydroxyl groups is 2. The number of carbonyl (C=O) groups excluding carboxylic acids is 1. The molecule has 4 heteroatoms. The van der Waals surface area contributed by atoms with E-state index in [0.29, 0.717) is 18.4 Å². The molecule has 1 amide bonds. The van der Waals surface area contributed by atoms with Crippen molar-refractivity contribution in [3.63, 3.8) is 0 Å². The molecule has 0 radical (unpaired) electrons. The fourth-order valence-electron chi connectivity index (χ4n) is 2.37. The summed E-state index contributed by atoms with van der Waals surface area (Å²) in [5, 5.41) is 23.0. The van der Waals surface area contributed by atoms with Crippen molar-refractivity contribution in [2.24, 2.45) is 0 Å². The summed E-state index contributed by atoms with van der Waals surface area (Å²) in [6, 6.07) is 8.78. The molecule has 1 aromatic carbocycles. The Balaban J connectivity index is 2.57. The first-order valence-corrected chi connectivity index (χ1v) is 7.25. The zero-order chi connectivity index (χ0) is 15.0. The van der Waals surface area contributed by atoms with Gasteiger partial charge in [-0.1, -0.05) is 57.0 Å². The second-order valence-corrected chi connectivity index (χ2v) is 5.26. The molecular weight excluding hydrogens is 254 g/mol. The molecule has 1 rings (SSSR count). The van der Waals surface area contributed by atoms with E-state index in [1.54, 1.807) is 24.3 Å². The lowest BCUT2D eigenvalue weighted by atomic mass is 9.92. The maximum Gasteiger partial charge on any atom is 0.253 e. The molecule has 0 heterocycles. The molecule has 0 aliphatic carbocycles. The number of hydrogen-bond donors (Lipinski definition) is 3. The Hall–Kier alpha value is -1.39. The Morgan fingerprint density at radius 1 is 1.20 bits per heavy atom. The second kappa shape index (κ2) is 8.02. The van der Waals surface area contributed by atoms with Crippen LogP contribution in [0.3, 0.4) is 0 Å². The van der Waals surface area contributed by atoms with Crippen LogP contribution >= 0.6 is 0 Å². The predicted octanol–water partition coefficient (Wildman–Crippen LogP) is 2.17. The van der Waals surface area contributed by atoms with E-state index in [0.717, 1.165) is 12.8 Å². The molecule has 0 aliphatic heterocycles. The van der Waals surface area contributed by atoms with Gasteiger partial charge in [-0.2, -0.15) is 0 Å². The molecule has 0 saturated heterocycles. The molecule has 0 saturated carbocycles. The van der Waals surface area contributed by atoms with Crippen molar-refractivity contribution in [1.82, 2.24) is 5.32 Å². The van der Waals surface area contributed by atoms with E-state index >= 15 is 0 Å². The standard InChI is InChI=1S/C16H25NO3/c1-3-10-16(20,11-4-2)12-17-15(19)14(18)13-8-6-5-7-9-13/h5-9,14,18,20H,3-4,10-12H2,1-2H3,(H,17,19). The highest BCUT2D eigenvalue weighted by molar-refractivity contribution is 5.81. The van der Waals surface area contributed by atoms with Crippen LogP contribution < -0.4 is 5.32 Å². The summed E-state index contributed by atoms with van der Waals surface area (Å²) in [6.07, 6.45) is 1.80. The smallest absolute Gasteiger partial charge is 0.253 e. The first-order valence-electron chi connectivity index (χ1n) is 7.25. The van der Waals surface area contributed by atoms with Crippen LogP contribution in [0.5, 0.6) is 0 Å². The van der Waals surface area contributed by atoms with Crippen LogP contribution in [0.25, 0.3) is 0 Å². The number of carbonyl (C=O) groups is 1. The predicted molar refractivity (Wildman–Crippen MR) is 79.2 cm³/mol. The van der Waals surface area contributed by atoms with Crippen LogP contribution in [-0.4, -0.2) is 28.3 Å². The van der Waals surface area contributed by atoms with E-state index < -0.39 is 17.6 Å². The molecule has 1 atom stereocenters. The van der Waals surface area contributed by atoms with Gasteiger partial charge in [-0.25, -0.2) is 0 Å². The van der Waals surface area contributed by atoms with Crippen LogP contribution in [0.15, 0.2) is 30.3 Å². The van der Waals surface area contributed by atoms with Gasteiger partial charge in [0.1, 0.15) is 0 Å². The molecule has 0 fully saturated rings. The lowest BCUT2D eigenvalue weighted by Crippen LogP contribution is -2.44. The topological polar surface area (TPSA) is 69.6 Å². The second-order valence-electron chi connectivity index (χ2n) is 5.26. The van der Waals surface area contributed by atoms with Gasteiger partial charge in [0, 0.05) is 6.54 Å². The van der Waals surface area contributed by atoms with Gasteiger partial charge in [-0.3, -0.25) is 4.79 Å². The average molecular weight is 279 g/mol. The number of benzene rings is 1. The van der Waals surface area contributed by atoms with Gasteiger partial charge in [0.15, 0.2) is 6.10 Å². The zero-order valence-corrected chi connectivity index (χ0v) is 12.3. The molecule has 20 heavy (non-hydrogen) atoms. The molecular formula is C16H25NO3. The number of amides is 1. The van der Waals surface area contributed by atoms with Crippen LogP contribution in [0, 0.1) is 0 Å². The fourth-order valence-corrected chi connectivity index (χ4v) is 2.37. The number of aliphatic hydroxyl groups excluding tert-OH is 1. The quantitative estimate of drug-likeness (QED) is 0.683. The number of rotatable bonds is 8. The maximum atomic E-state index is 11.9. The van der Waals surface area contributed by atoms with Crippen LogP contribution in [0.2, 0.25) is 0 Å². The van der Waals surface area contributed by atoms with E-state index in [-0.39, 0.29) is 6.54 Å². The summed E-state index contributed by atoms with van der Waals surface area (Å²) in [5.74, 6) is -0.471. The van der Waals surface area contributed by atoms with Crippen molar-refractivity contribution >= 4 is 5.91 Å². The number of nitrogens with one attached hydrogen (secondary N) is 1. The Bertz CT molecular complexity index is 399. The normalized spacial score (nSPS) is 13.0. The highest BCUT2D eigenvalue weighted by atomic mass is 16.3. The lowest BCUT2D eigenvalue weighted by Gasteiger charge is -2.28. The van der Waals surface area contributed by atoms with Crippen molar-refractivity contribution in [2.45, 2.75) is 51.2 Å². The van der Waals surface area contributed by atoms with Crippen LogP contribution in [0.1, 0.15) is 51.2 Å². The van der Waals surface area contributed by atoms with E-state index in [1.807, 2.05) is 19.9 Å². The minimum absolute atomic E-state index is 0.178. The minimum atomic E-state index is -1.19. The summed E-state index contributed by atoms with van der Waals surface area (Å²) in [6.45, 7) is 4.18. The van der Waals surface area contributed by atoms with Gasteiger partial charge in [-0.15, -0.1) is 0 Å². The molecule has 3 N–H and O–H groups in total. The van der Waals surface area contributed by atoms with E-state index in [4.69, 9.17) is 0 Å². The third-order valence-electron chi connectivity index (χ3n) is 3.39. The Labute approximate surface area is 120 Å². The monoisotopic (exact) mass is 279 g/mol. The van der Waals surface area contributed by atoms with Crippen LogP contribution in [0.4, 0.5) is 0 Å². The van der Waals surface area contributed by atoms with Crippen LogP contribution in [-0.2, 0) is 4.79 Å². The average Bonchev–Trinajstić information content (AvgIpc) is 2.45. The van der Waals surface area contributed by atoms with E-state index in [2.05, 4.69) is 5.32 Å². The zero-order valence-electron chi connectivity index (χ0n) is 12.3. The van der Waals surface area contributed by atoms with Gasteiger partial charge >= 0.3 is 0 Å². The van der Waals surface area contributed by atoms with Gasteiger partial charge in [0.2, 0.25) is 0 Å². The summed E-state index contributed by atoms with van der Waals surface area (Å²) >= 11 is 0. The Morgan fingerprint density at radius 2 is 1.75 bits per heavy atom. The molecule has 0 spiro atoms. The van der Waals surface area contributed by atoms with E-state index in [1.165, 1.54) is 0 Å². The summed E-state index contributed by atoms with van der Waals surface area (Å²) in [4.78, 5) is 11.9. The van der Waals surface area contributed by atoms with Crippen molar-refractivity contribution < 1.29 is 15.0 Å². The lowest BCUT2D eigenvalue weighted by molar-refractivity contribution is -0.131. The van der Waals surface area contributed by atoms with Gasteiger partial charge in [0.25, 0.3) is 5.91 Å². The summed E-state index contributed by atoms with van der Waals surface area (Å²) in [5.41, 5.74) is -0.324. The molecule has 0 aromatic heterocycles. The van der Waals surface area contributed by atoms with Gasteiger partial charge in [0.05, 0.1) is 5.60 Å². The molecule has 1 aromatic rings. The highest BCUT2D eigenvalue weighted by Gasteiger charge is 2.27. The third-order valence-corrected chi connectivity index (χ3v) is 3.39. The van der Waals surface area contributed by atoms with Crippen molar-refractivity contribution in [3.8, 4) is 0 Å². The first-order chi connectivity index (χ1) is 9.52. The first kappa shape index (κ1) is 16.7. The number of hydrogen-bond acceptors (Lipinski definition) is 3. The molecule has 4 nitrogen and oxygen atoms in total. The van der Waals surface area contributed by atoms with Crippen molar-refractivity contribution in [2.75, 3.05) is 6.54 Å². The van der Waals surface area contributed by atoms with Gasteiger partial charge in [-0.05, 0) is 18.4 Å². The third kappa shape index (κ3) is 4.94.